The molecular formula is C17H22Cl2N2O. The van der Waals surface area contributed by atoms with Gasteiger partial charge < -0.3 is 10.2 Å². The number of hydrogen-bond donors (Lipinski definition) is 1. The van der Waals surface area contributed by atoms with E-state index in [0.717, 1.165) is 19.4 Å². The number of halogens is 2. The number of urea groups is 1. The highest BCUT2D eigenvalue weighted by atomic mass is 35.5. The Morgan fingerprint density at radius 2 is 1.95 bits per heavy atom. The number of likely N-dealkylation sites (tertiary alicyclic amines) is 1. The normalized spacial score (nSPS) is 29.5. The Balaban J connectivity index is 1.74. The van der Waals surface area contributed by atoms with Crippen molar-refractivity contribution in [1.82, 2.24) is 4.90 Å². The zero-order valence-corrected chi connectivity index (χ0v) is 14.8. The maximum Gasteiger partial charge on any atom is 0.322 e. The molecule has 2 amide bonds. The molecule has 3 nitrogen and oxygen atoms in total. The lowest BCUT2D eigenvalue weighted by atomic mass is 9.65. The average Bonchev–Trinajstić information content (AvgIpc) is 2.63. The van der Waals surface area contributed by atoms with E-state index in [1.807, 2.05) is 4.90 Å². The fourth-order valence-electron chi connectivity index (χ4n) is 4.47. The molecule has 0 aromatic heterocycles. The minimum atomic E-state index is -0.0372. The third kappa shape index (κ3) is 3.07. The van der Waals surface area contributed by atoms with Gasteiger partial charge in [-0.15, -0.1) is 0 Å². The smallest absolute Gasteiger partial charge is 0.321 e. The lowest BCUT2D eigenvalue weighted by Crippen LogP contribution is -2.40. The number of amides is 2. The van der Waals surface area contributed by atoms with Crippen molar-refractivity contribution in [2.45, 2.75) is 46.1 Å². The van der Waals surface area contributed by atoms with Crippen LogP contribution in [-0.2, 0) is 0 Å². The van der Waals surface area contributed by atoms with E-state index in [9.17, 15) is 4.79 Å². The van der Waals surface area contributed by atoms with Gasteiger partial charge in [-0.2, -0.15) is 0 Å². The van der Waals surface area contributed by atoms with E-state index in [1.165, 1.54) is 6.42 Å². The molecule has 1 aromatic carbocycles. The largest absolute Gasteiger partial charge is 0.322 e. The second-order valence-corrected chi connectivity index (χ2v) is 8.72. The molecule has 1 aromatic rings. The minimum absolute atomic E-state index is 0.0372. The van der Waals surface area contributed by atoms with Gasteiger partial charge in [0.2, 0.25) is 0 Å². The van der Waals surface area contributed by atoms with Crippen LogP contribution in [-0.4, -0.2) is 23.5 Å². The Labute approximate surface area is 142 Å². The Kier molecular flexibility index (Phi) is 3.85. The average molecular weight is 341 g/mol. The molecule has 1 aliphatic heterocycles. The first-order chi connectivity index (χ1) is 10.2. The SMILES string of the molecule is CC1(C)C[C@H]2C[C@](C)(CN2C(=O)Nc2ccc(Cl)c(Cl)c2)C1. The predicted octanol–water partition coefficient (Wildman–Crippen LogP) is 5.43. The van der Waals surface area contributed by atoms with Crippen LogP contribution in [0.15, 0.2) is 18.2 Å². The Bertz CT molecular complexity index is 617. The lowest BCUT2D eigenvalue weighted by molar-refractivity contribution is 0.130. The molecule has 1 aliphatic carbocycles. The molecule has 1 heterocycles. The highest BCUT2D eigenvalue weighted by Crippen LogP contribution is 2.52. The number of fused-ring (bicyclic) bond motifs is 2. The number of carbonyl (C=O) groups excluding carboxylic acids is 1. The summed E-state index contributed by atoms with van der Waals surface area (Å²) in [5.74, 6) is 0. The van der Waals surface area contributed by atoms with Crippen LogP contribution >= 0.6 is 23.2 Å². The van der Waals surface area contributed by atoms with E-state index in [2.05, 4.69) is 26.1 Å². The van der Waals surface area contributed by atoms with Crippen molar-refractivity contribution < 1.29 is 4.79 Å². The summed E-state index contributed by atoms with van der Waals surface area (Å²) in [6.45, 7) is 7.73. The molecule has 0 spiro atoms. The summed E-state index contributed by atoms with van der Waals surface area (Å²) in [6, 6.07) is 5.46. The van der Waals surface area contributed by atoms with Crippen LogP contribution in [0.5, 0.6) is 0 Å². The van der Waals surface area contributed by atoms with E-state index in [1.54, 1.807) is 18.2 Å². The maximum atomic E-state index is 12.6. The van der Waals surface area contributed by atoms with E-state index in [4.69, 9.17) is 23.2 Å². The number of rotatable bonds is 1. The molecule has 3 rings (SSSR count). The molecule has 2 bridgehead atoms. The maximum absolute atomic E-state index is 12.6. The van der Waals surface area contributed by atoms with Gasteiger partial charge in [0.05, 0.1) is 10.0 Å². The van der Waals surface area contributed by atoms with Gasteiger partial charge in [-0.3, -0.25) is 0 Å². The zero-order chi connectivity index (χ0) is 16.1. The molecule has 1 N–H and O–H groups in total. The van der Waals surface area contributed by atoms with Gasteiger partial charge in [0.15, 0.2) is 0 Å². The fourth-order valence-corrected chi connectivity index (χ4v) is 4.76. The van der Waals surface area contributed by atoms with Crippen LogP contribution in [0.4, 0.5) is 10.5 Å². The first-order valence-corrected chi connectivity index (χ1v) is 8.46. The van der Waals surface area contributed by atoms with Gasteiger partial charge >= 0.3 is 6.03 Å². The van der Waals surface area contributed by atoms with Crippen molar-refractivity contribution in [2.75, 3.05) is 11.9 Å². The summed E-state index contributed by atoms with van der Waals surface area (Å²) >= 11 is 11.9. The standard InChI is InChI=1S/C17H22Cl2N2O/c1-16(2)7-12-8-17(3,9-16)10-21(12)15(22)20-11-4-5-13(18)14(19)6-11/h4-6,12H,7-10H2,1-3H3,(H,20,22)/t12-,17-/m0/s1. The minimum Gasteiger partial charge on any atom is -0.321 e. The molecule has 2 atom stereocenters. The van der Waals surface area contributed by atoms with Crippen LogP contribution in [0.3, 0.4) is 0 Å². The molecular weight excluding hydrogens is 319 g/mol. The molecule has 2 fully saturated rings. The van der Waals surface area contributed by atoms with Crippen molar-refractivity contribution in [3.8, 4) is 0 Å². The highest BCUT2D eigenvalue weighted by molar-refractivity contribution is 6.42. The second kappa shape index (κ2) is 5.31. The Morgan fingerprint density at radius 3 is 2.64 bits per heavy atom. The first kappa shape index (κ1) is 15.9. The monoisotopic (exact) mass is 340 g/mol. The Morgan fingerprint density at radius 1 is 1.23 bits per heavy atom. The van der Waals surface area contributed by atoms with Crippen LogP contribution in [0, 0.1) is 10.8 Å². The molecule has 5 heteroatoms. The molecule has 1 saturated carbocycles. The number of nitrogens with one attached hydrogen (secondary N) is 1. The van der Waals surface area contributed by atoms with Crippen molar-refractivity contribution in [1.29, 1.82) is 0 Å². The summed E-state index contributed by atoms with van der Waals surface area (Å²) in [5.41, 5.74) is 1.22. The lowest BCUT2D eigenvalue weighted by Gasteiger charge is -2.39. The van der Waals surface area contributed by atoms with Crippen molar-refractivity contribution in [3.63, 3.8) is 0 Å². The van der Waals surface area contributed by atoms with Gasteiger partial charge in [-0.1, -0.05) is 44.0 Å². The first-order valence-electron chi connectivity index (χ1n) is 7.70. The third-order valence-electron chi connectivity index (χ3n) is 4.85. The third-order valence-corrected chi connectivity index (χ3v) is 5.59. The zero-order valence-electron chi connectivity index (χ0n) is 13.2. The van der Waals surface area contributed by atoms with Gasteiger partial charge in [-0.05, 0) is 48.3 Å². The summed E-state index contributed by atoms with van der Waals surface area (Å²) in [5, 5.41) is 3.90. The summed E-state index contributed by atoms with van der Waals surface area (Å²) in [7, 11) is 0. The number of hydrogen-bond acceptors (Lipinski definition) is 1. The van der Waals surface area contributed by atoms with E-state index < -0.39 is 0 Å². The molecule has 0 unspecified atom stereocenters. The van der Waals surface area contributed by atoms with Crippen molar-refractivity contribution in [3.05, 3.63) is 28.2 Å². The topological polar surface area (TPSA) is 32.3 Å². The van der Waals surface area contributed by atoms with Crippen LogP contribution in [0.1, 0.15) is 40.0 Å². The fraction of sp³-hybridized carbons (Fsp3) is 0.588. The number of nitrogens with zero attached hydrogens (tertiary/aromatic N) is 1. The number of benzene rings is 1. The summed E-state index contributed by atoms with van der Waals surface area (Å²) < 4.78 is 0. The number of anilines is 1. The van der Waals surface area contributed by atoms with Gasteiger partial charge in [0, 0.05) is 18.3 Å². The predicted molar refractivity (Wildman–Crippen MR) is 91.7 cm³/mol. The van der Waals surface area contributed by atoms with Gasteiger partial charge in [-0.25, -0.2) is 4.79 Å². The van der Waals surface area contributed by atoms with Crippen LogP contribution in [0.2, 0.25) is 10.0 Å². The highest BCUT2D eigenvalue weighted by Gasteiger charge is 2.50. The second-order valence-electron chi connectivity index (χ2n) is 7.90. The van der Waals surface area contributed by atoms with E-state index in [0.29, 0.717) is 27.2 Å². The van der Waals surface area contributed by atoms with E-state index in [-0.39, 0.29) is 11.4 Å². The van der Waals surface area contributed by atoms with Crippen molar-refractivity contribution >= 4 is 34.9 Å². The van der Waals surface area contributed by atoms with Crippen LogP contribution < -0.4 is 5.32 Å². The molecule has 120 valence electrons. The van der Waals surface area contributed by atoms with E-state index >= 15 is 0 Å². The number of carbonyl (C=O) groups is 1. The Hall–Kier alpha value is -0.930. The van der Waals surface area contributed by atoms with Gasteiger partial charge in [0.1, 0.15) is 0 Å². The van der Waals surface area contributed by atoms with Crippen LogP contribution in [0.25, 0.3) is 0 Å². The molecule has 22 heavy (non-hydrogen) atoms. The summed E-state index contributed by atoms with van der Waals surface area (Å²) in [6.07, 6.45) is 3.34. The molecule has 2 aliphatic rings. The molecule has 0 radical (unpaired) electrons. The summed E-state index contributed by atoms with van der Waals surface area (Å²) in [4.78, 5) is 14.6. The van der Waals surface area contributed by atoms with Gasteiger partial charge in [0.25, 0.3) is 0 Å². The quantitative estimate of drug-likeness (QED) is 0.726. The van der Waals surface area contributed by atoms with Crippen molar-refractivity contribution in [2.24, 2.45) is 10.8 Å². The molecule has 1 saturated heterocycles.